The van der Waals surface area contributed by atoms with Gasteiger partial charge in [0.1, 0.15) is 5.82 Å². The topological polar surface area (TPSA) is 66.5 Å². The van der Waals surface area contributed by atoms with Gasteiger partial charge >= 0.3 is 0 Å². The third-order valence-electron chi connectivity index (χ3n) is 4.84. The number of sulfonamides is 1. The van der Waals surface area contributed by atoms with Gasteiger partial charge in [-0.15, -0.1) is 0 Å². The largest absolute Gasteiger partial charge is 0.349 e. The molecule has 1 amide bonds. The minimum absolute atomic E-state index is 0.133. The normalized spacial score (nSPS) is 16.3. The number of benzene rings is 2. The Hall–Kier alpha value is -2.25. The molecule has 144 valence electrons. The average molecular weight is 390 g/mol. The molecule has 0 aliphatic carbocycles. The van der Waals surface area contributed by atoms with Gasteiger partial charge in [0.15, 0.2) is 0 Å². The fraction of sp³-hybridized carbons (Fsp3) is 0.350. The van der Waals surface area contributed by atoms with Crippen LogP contribution in [0.3, 0.4) is 0 Å². The number of nitrogens with zero attached hydrogens (tertiary/aromatic N) is 1. The summed E-state index contributed by atoms with van der Waals surface area (Å²) in [5.41, 5.74) is 1.89. The Bertz CT molecular complexity index is 951. The Morgan fingerprint density at radius 2 is 1.81 bits per heavy atom. The Morgan fingerprint density at radius 3 is 2.48 bits per heavy atom. The molecule has 0 spiro atoms. The summed E-state index contributed by atoms with van der Waals surface area (Å²) in [6.07, 6.45) is 1.04. The van der Waals surface area contributed by atoms with E-state index in [1.807, 2.05) is 19.1 Å². The smallest absolute Gasteiger partial charge is 0.251 e. The molecule has 0 aromatic heterocycles. The van der Waals surface area contributed by atoms with E-state index in [-0.39, 0.29) is 17.5 Å². The van der Waals surface area contributed by atoms with E-state index in [4.69, 9.17) is 0 Å². The van der Waals surface area contributed by atoms with Crippen LogP contribution < -0.4 is 5.32 Å². The van der Waals surface area contributed by atoms with Crippen LogP contribution in [0.5, 0.6) is 0 Å². The highest BCUT2D eigenvalue weighted by molar-refractivity contribution is 7.89. The zero-order chi connectivity index (χ0) is 19.6. The van der Waals surface area contributed by atoms with E-state index in [2.05, 4.69) is 5.32 Å². The summed E-state index contributed by atoms with van der Waals surface area (Å²) in [5, 5.41) is 2.87. The van der Waals surface area contributed by atoms with Crippen molar-refractivity contribution in [3.8, 4) is 0 Å². The van der Waals surface area contributed by atoms with Crippen LogP contribution in [-0.2, 0) is 10.0 Å². The quantitative estimate of drug-likeness (QED) is 0.873. The fourth-order valence-corrected chi connectivity index (χ4v) is 5.04. The van der Waals surface area contributed by atoms with E-state index in [0.29, 0.717) is 30.8 Å². The van der Waals surface area contributed by atoms with E-state index in [1.54, 1.807) is 19.1 Å². The van der Waals surface area contributed by atoms with Crippen LogP contribution in [0.4, 0.5) is 4.39 Å². The zero-order valence-corrected chi connectivity index (χ0v) is 16.2. The molecule has 1 fully saturated rings. The summed E-state index contributed by atoms with van der Waals surface area (Å²) in [7, 11) is -3.55. The van der Waals surface area contributed by atoms with Crippen molar-refractivity contribution in [3.63, 3.8) is 0 Å². The van der Waals surface area contributed by atoms with Gasteiger partial charge in [-0.05, 0) is 62.1 Å². The maximum atomic E-state index is 13.3. The third-order valence-corrected chi connectivity index (χ3v) is 6.88. The van der Waals surface area contributed by atoms with Crippen molar-refractivity contribution < 1.29 is 17.6 Å². The van der Waals surface area contributed by atoms with Crippen molar-refractivity contribution in [2.45, 2.75) is 37.6 Å². The zero-order valence-electron chi connectivity index (χ0n) is 15.4. The van der Waals surface area contributed by atoms with Gasteiger partial charge < -0.3 is 5.32 Å². The molecule has 2 aromatic rings. The van der Waals surface area contributed by atoms with Crippen LogP contribution in [0.1, 0.15) is 34.3 Å². The number of rotatable bonds is 4. The highest BCUT2D eigenvalue weighted by Crippen LogP contribution is 2.24. The monoisotopic (exact) mass is 390 g/mol. The number of carbonyl (C=O) groups excluding carboxylic acids is 1. The first-order valence-corrected chi connectivity index (χ1v) is 10.4. The van der Waals surface area contributed by atoms with Crippen molar-refractivity contribution in [1.29, 1.82) is 0 Å². The summed E-state index contributed by atoms with van der Waals surface area (Å²) in [5.74, 6) is -0.803. The van der Waals surface area contributed by atoms with E-state index in [9.17, 15) is 17.6 Å². The van der Waals surface area contributed by atoms with Crippen molar-refractivity contribution >= 4 is 15.9 Å². The molecule has 5 nitrogen and oxygen atoms in total. The van der Waals surface area contributed by atoms with Crippen LogP contribution in [0.15, 0.2) is 47.4 Å². The molecule has 1 heterocycles. The van der Waals surface area contributed by atoms with Crippen LogP contribution in [0.2, 0.25) is 0 Å². The first-order valence-electron chi connectivity index (χ1n) is 8.91. The molecule has 27 heavy (non-hydrogen) atoms. The second kappa shape index (κ2) is 7.78. The lowest BCUT2D eigenvalue weighted by atomic mass is 10.1. The van der Waals surface area contributed by atoms with Gasteiger partial charge in [-0.3, -0.25) is 4.79 Å². The van der Waals surface area contributed by atoms with Gasteiger partial charge in [-0.1, -0.05) is 18.2 Å². The summed E-state index contributed by atoms with van der Waals surface area (Å²) in [4.78, 5) is 12.6. The summed E-state index contributed by atoms with van der Waals surface area (Å²) < 4.78 is 40.6. The van der Waals surface area contributed by atoms with Crippen molar-refractivity contribution in [2.24, 2.45) is 0 Å². The van der Waals surface area contributed by atoms with Gasteiger partial charge in [0.2, 0.25) is 10.0 Å². The standard InChI is InChI=1S/C20H23FN2O3S/c1-14-6-7-15(2)19(12-14)27(25,26)23-10-8-18(9-11-23)22-20(24)16-4-3-5-17(21)13-16/h3-7,12-13,18H,8-11H2,1-2H3,(H,22,24). The van der Waals surface area contributed by atoms with Gasteiger partial charge in [0, 0.05) is 24.7 Å². The Kier molecular flexibility index (Phi) is 5.62. The highest BCUT2D eigenvalue weighted by atomic mass is 32.2. The van der Waals surface area contributed by atoms with Crippen LogP contribution in [0, 0.1) is 19.7 Å². The maximum Gasteiger partial charge on any atom is 0.251 e. The molecule has 0 radical (unpaired) electrons. The summed E-state index contributed by atoms with van der Waals surface area (Å²) in [6.45, 7) is 4.33. The molecular weight excluding hydrogens is 367 g/mol. The van der Waals surface area contributed by atoms with Crippen LogP contribution in [-0.4, -0.2) is 37.8 Å². The minimum Gasteiger partial charge on any atom is -0.349 e. The summed E-state index contributed by atoms with van der Waals surface area (Å²) in [6, 6.07) is 10.8. The molecule has 1 saturated heterocycles. The first kappa shape index (κ1) is 19.5. The number of carbonyl (C=O) groups is 1. The molecule has 1 aliphatic heterocycles. The molecular formula is C20H23FN2O3S. The number of hydrogen-bond donors (Lipinski definition) is 1. The number of piperidine rings is 1. The predicted molar refractivity (Wildman–Crippen MR) is 102 cm³/mol. The predicted octanol–water partition coefficient (Wildman–Crippen LogP) is 3.03. The van der Waals surface area contributed by atoms with Crippen molar-refractivity contribution in [2.75, 3.05) is 13.1 Å². The molecule has 0 bridgehead atoms. The van der Waals surface area contributed by atoms with E-state index < -0.39 is 15.8 Å². The summed E-state index contributed by atoms with van der Waals surface area (Å²) >= 11 is 0. The second-order valence-electron chi connectivity index (χ2n) is 6.93. The van der Waals surface area contributed by atoms with Crippen LogP contribution >= 0.6 is 0 Å². The van der Waals surface area contributed by atoms with Gasteiger partial charge in [-0.2, -0.15) is 4.31 Å². The van der Waals surface area contributed by atoms with Gasteiger partial charge in [0.25, 0.3) is 5.91 Å². The minimum atomic E-state index is -3.55. The fourth-order valence-electron chi connectivity index (χ4n) is 3.26. The molecule has 0 saturated carbocycles. The Morgan fingerprint density at radius 1 is 1.11 bits per heavy atom. The molecule has 3 rings (SSSR count). The first-order chi connectivity index (χ1) is 12.8. The molecule has 2 aromatic carbocycles. The number of nitrogens with one attached hydrogen (secondary N) is 1. The van der Waals surface area contributed by atoms with E-state index in [1.165, 1.54) is 22.5 Å². The second-order valence-corrected chi connectivity index (χ2v) is 8.84. The van der Waals surface area contributed by atoms with Gasteiger partial charge in [-0.25, -0.2) is 12.8 Å². The number of amides is 1. The third kappa shape index (κ3) is 4.36. The molecule has 0 unspecified atom stereocenters. The number of halogens is 1. The number of aryl methyl sites for hydroxylation is 2. The SMILES string of the molecule is Cc1ccc(C)c(S(=O)(=O)N2CCC(NC(=O)c3cccc(F)c3)CC2)c1. The lowest BCUT2D eigenvalue weighted by molar-refractivity contribution is 0.0923. The lowest BCUT2D eigenvalue weighted by Gasteiger charge is -2.32. The van der Waals surface area contributed by atoms with E-state index >= 15 is 0 Å². The maximum absolute atomic E-state index is 13.3. The van der Waals surface area contributed by atoms with Crippen molar-refractivity contribution in [1.82, 2.24) is 9.62 Å². The molecule has 0 atom stereocenters. The molecule has 7 heteroatoms. The van der Waals surface area contributed by atoms with Crippen LogP contribution in [0.25, 0.3) is 0 Å². The average Bonchev–Trinajstić information content (AvgIpc) is 2.64. The molecule has 1 N–H and O–H groups in total. The Labute approximate surface area is 159 Å². The van der Waals surface area contributed by atoms with Crippen molar-refractivity contribution in [3.05, 3.63) is 65.0 Å². The molecule has 1 aliphatic rings. The van der Waals surface area contributed by atoms with Gasteiger partial charge in [0.05, 0.1) is 4.90 Å². The highest BCUT2D eigenvalue weighted by Gasteiger charge is 2.31. The number of hydrogen-bond acceptors (Lipinski definition) is 3. The Balaban J connectivity index is 1.65. The van der Waals surface area contributed by atoms with E-state index in [0.717, 1.165) is 11.1 Å². The lowest BCUT2D eigenvalue weighted by Crippen LogP contribution is -2.46.